The van der Waals surface area contributed by atoms with E-state index in [9.17, 15) is 0 Å². The van der Waals surface area contributed by atoms with Crippen LogP contribution in [-0.2, 0) is 6.54 Å². The zero-order valence-corrected chi connectivity index (χ0v) is 14.3. The van der Waals surface area contributed by atoms with Gasteiger partial charge in [0, 0.05) is 44.8 Å². The molecule has 1 aliphatic rings. The minimum atomic E-state index is 0.722. The quantitative estimate of drug-likeness (QED) is 0.663. The van der Waals surface area contributed by atoms with Gasteiger partial charge in [0.25, 0.3) is 0 Å². The fourth-order valence-corrected chi connectivity index (χ4v) is 2.92. The highest BCUT2D eigenvalue weighted by Gasteiger charge is 2.19. The molecule has 22 heavy (non-hydrogen) atoms. The zero-order valence-electron chi connectivity index (χ0n) is 13.5. The molecule has 4 nitrogen and oxygen atoms in total. The molecule has 0 atom stereocenters. The Morgan fingerprint density at radius 1 is 1.36 bits per heavy atom. The second-order valence-corrected chi connectivity index (χ2v) is 5.94. The van der Waals surface area contributed by atoms with Crippen LogP contribution in [0.5, 0.6) is 5.75 Å². The molecule has 1 fully saturated rings. The molecule has 0 unspecified atom stereocenters. The highest BCUT2D eigenvalue weighted by Crippen LogP contribution is 2.22. The Morgan fingerprint density at radius 3 is 2.73 bits per heavy atom. The van der Waals surface area contributed by atoms with E-state index in [1.54, 1.807) is 7.11 Å². The van der Waals surface area contributed by atoms with E-state index in [4.69, 9.17) is 17.0 Å². The van der Waals surface area contributed by atoms with E-state index in [1.807, 2.05) is 6.08 Å². The second-order valence-electron chi connectivity index (χ2n) is 5.55. The zero-order chi connectivity index (χ0) is 15.9. The SMILES string of the molecule is C=CCNC(=S)N1CCN(Cc2cc(C)ccc2OC)CC1. The van der Waals surface area contributed by atoms with Gasteiger partial charge in [0.05, 0.1) is 7.11 Å². The summed E-state index contributed by atoms with van der Waals surface area (Å²) in [4.78, 5) is 4.67. The maximum absolute atomic E-state index is 5.47. The molecular formula is C17H25N3OS. The molecule has 0 radical (unpaired) electrons. The first kappa shape index (κ1) is 16.8. The maximum atomic E-state index is 5.47. The topological polar surface area (TPSA) is 27.7 Å². The molecule has 0 saturated carbocycles. The third kappa shape index (κ3) is 4.45. The van der Waals surface area contributed by atoms with Gasteiger partial charge in [0.15, 0.2) is 5.11 Å². The summed E-state index contributed by atoms with van der Waals surface area (Å²) in [5.41, 5.74) is 2.52. The van der Waals surface area contributed by atoms with Gasteiger partial charge in [-0.05, 0) is 25.2 Å². The van der Waals surface area contributed by atoms with Gasteiger partial charge in [-0.3, -0.25) is 4.90 Å². The fraction of sp³-hybridized carbons (Fsp3) is 0.471. The molecule has 0 amide bonds. The number of hydrogen-bond acceptors (Lipinski definition) is 3. The van der Waals surface area contributed by atoms with Crippen LogP contribution >= 0.6 is 12.2 Å². The summed E-state index contributed by atoms with van der Waals surface area (Å²) in [7, 11) is 1.73. The van der Waals surface area contributed by atoms with Gasteiger partial charge < -0.3 is 15.0 Å². The molecule has 120 valence electrons. The van der Waals surface area contributed by atoms with Crippen molar-refractivity contribution in [1.29, 1.82) is 0 Å². The minimum Gasteiger partial charge on any atom is -0.496 e. The Bertz CT molecular complexity index is 525. The summed E-state index contributed by atoms with van der Waals surface area (Å²) in [6, 6.07) is 6.35. The van der Waals surface area contributed by atoms with Crippen molar-refractivity contribution in [3.8, 4) is 5.75 Å². The third-order valence-electron chi connectivity index (χ3n) is 3.89. The molecule has 0 spiro atoms. The smallest absolute Gasteiger partial charge is 0.169 e. The number of methoxy groups -OCH3 is 1. The number of ether oxygens (including phenoxy) is 1. The van der Waals surface area contributed by atoms with Crippen molar-refractivity contribution < 1.29 is 4.74 Å². The van der Waals surface area contributed by atoms with E-state index in [0.717, 1.165) is 50.1 Å². The number of nitrogens with zero attached hydrogens (tertiary/aromatic N) is 2. The molecule has 2 rings (SSSR count). The Kier molecular flexibility index (Phi) is 6.21. The minimum absolute atomic E-state index is 0.722. The van der Waals surface area contributed by atoms with Crippen LogP contribution in [0, 0.1) is 6.92 Å². The van der Waals surface area contributed by atoms with Crippen LogP contribution in [0.2, 0.25) is 0 Å². The van der Waals surface area contributed by atoms with E-state index >= 15 is 0 Å². The number of rotatable bonds is 5. The first-order chi connectivity index (χ1) is 10.6. The highest BCUT2D eigenvalue weighted by atomic mass is 32.1. The van der Waals surface area contributed by atoms with Crippen molar-refractivity contribution in [2.45, 2.75) is 13.5 Å². The average Bonchev–Trinajstić information content (AvgIpc) is 2.53. The van der Waals surface area contributed by atoms with Gasteiger partial charge in [0.1, 0.15) is 5.75 Å². The normalized spacial score (nSPS) is 15.5. The van der Waals surface area contributed by atoms with E-state index in [1.165, 1.54) is 11.1 Å². The van der Waals surface area contributed by atoms with Crippen LogP contribution in [0.1, 0.15) is 11.1 Å². The van der Waals surface area contributed by atoms with Gasteiger partial charge in [-0.15, -0.1) is 6.58 Å². The van der Waals surface area contributed by atoms with Gasteiger partial charge in [-0.25, -0.2) is 0 Å². The molecule has 1 saturated heterocycles. The van der Waals surface area contributed by atoms with Crippen LogP contribution < -0.4 is 10.1 Å². The van der Waals surface area contributed by atoms with Crippen molar-refractivity contribution in [3.05, 3.63) is 42.0 Å². The van der Waals surface area contributed by atoms with E-state index in [2.05, 4.69) is 46.8 Å². The van der Waals surface area contributed by atoms with Gasteiger partial charge in [-0.2, -0.15) is 0 Å². The fourth-order valence-electron chi connectivity index (χ4n) is 2.65. The average molecular weight is 319 g/mol. The van der Waals surface area contributed by atoms with E-state index in [-0.39, 0.29) is 0 Å². The second kappa shape index (κ2) is 8.15. The van der Waals surface area contributed by atoms with Crippen LogP contribution in [0.3, 0.4) is 0 Å². The predicted octanol–water partition coefficient (Wildman–Crippen LogP) is 2.18. The summed E-state index contributed by atoms with van der Waals surface area (Å²) < 4.78 is 5.47. The molecular weight excluding hydrogens is 294 g/mol. The Balaban J connectivity index is 1.88. The lowest BCUT2D eigenvalue weighted by atomic mass is 10.1. The van der Waals surface area contributed by atoms with Crippen LogP contribution in [-0.4, -0.2) is 54.7 Å². The molecule has 1 heterocycles. The number of aryl methyl sites for hydroxylation is 1. The Hall–Kier alpha value is -1.59. The van der Waals surface area contributed by atoms with Crippen molar-refractivity contribution in [1.82, 2.24) is 15.1 Å². The lowest BCUT2D eigenvalue weighted by Gasteiger charge is -2.36. The van der Waals surface area contributed by atoms with Gasteiger partial charge >= 0.3 is 0 Å². The standard InChI is InChI=1S/C17H25N3OS/c1-4-7-18-17(22)20-10-8-19(9-11-20)13-15-12-14(2)5-6-16(15)21-3/h4-6,12H,1,7-11,13H2,2-3H3,(H,18,22). The van der Waals surface area contributed by atoms with Crippen LogP contribution in [0.25, 0.3) is 0 Å². The van der Waals surface area contributed by atoms with Crippen LogP contribution in [0.15, 0.2) is 30.9 Å². The summed E-state index contributed by atoms with van der Waals surface area (Å²) in [6.07, 6.45) is 1.83. The molecule has 1 aromatic rings. The van der Waals surface area contributed by atoms with E-state index in [0.29, 0.717) is 0 Å². The number of piperazine rings is 1. The van der Waals surface area contributed by atoms with Gasteiger partial charge in [-0.1, -0.05) is 23.8 Å². The highest BCUT2D eigenvalue weighted by molar-refractivity contribution is 7.80. The monoisotopic (exact) mass is 319 g/mol. The van der Waals surface area contributed by atoms with Crippen molar-refractivity contribution in [2.24, 2.45) is 0 Å². The number of hydrogen-bond donors (Lipinski definition) is 1. The number of nitrogens with one attached hydrogen (secondary N) is 1. The summed E-state index contributed by atoms with van der Waals surface area (Å²) in [6.45, 7) is 11.4. The lowest BCUT2D eigenvalue weighted by molar-refractivity contribution is 0.173. The number of benzene rings is 1. The summed E-state index contributed by atoms with van der Waals surface area (Å²) in [5, 5.41) is 4.02. The van der Waals surface area contributed by atoms with E-state index < -0.39 is 0 Å². The largest absolute Gasteiger partial charge is 0.496 e. The molecule has 1 aliphatic heterocycles. The molecule has 1 aromatic carbocycles. The molecule has 0 aromatic heterocycles. The number of thiocarbonyl (C=S) groups is 1. The van der Waals surface area contributed by atoms with Crippen molar-refractivity contribution >= 4 is 17.3 Å². The van der Waals surface area contributed by atoms with Crippen molar-refractivity contribution in [2.75, 3.05) is 39.8 Å². The molecule has 0 bridgehead atoms. The summed E-state index contributed by atoms with van der Waals surface area (Å²) >= 11 is 5.39. The van der Waals surface area contributed by atoms with Crippen molar-refractivity contribution in [3.63, 3.8) is 0 Å². The molecule has 0 aliphatic carbocycles. The lowest BCUT2D eigenvalue weighted by Crippen LogP contribution is -2.51. The third-order valence-corrected chi connectivity index (χ3v) is 4.29. The predicted molar refractivity (Wildman–Crippen MR) is 95.4 cm³/mol. The Labute approximate surface area is 138 Å². The first-order valence-electron chi connectivity index (χ1n) is 7.63. The summed E-state index contributed by atoms with van der Waals surface area (Å²) in [5.74, 6) is 0.969. The van der Waals surface area contributed by atoms with Crippen LogP contribution in [0.4, 0.5) is 0 Å². The van der Waals surface area contributed by atoms with Gasteiger partial charge in [0.2, 0.25) is 0 Å². The molecule has 5 heteroatoms. The first-order valence-corrected chi connectivity index (χ1v) is 8.04. The maximum Gasteiger partial charge on any atom is 0.169 e. The molecule has 1 N–H and O–H groups in total. The Morgan fingerprint density at radius 2 is 2.09 bits per heavy atom.